The van der Waals surface area contributed by atoms with Crippen molar-refractivity contribution in [2.45, 2.75) is 100 Å². The molecule has 7 heterocycles. The average molecular weight is 785 g/mol. The summed E-state index contributed by atoms with van der Waals surface area (Å²) in [6, 6.07) is 16.3. The number of nitrogens with one attached hydrogen (secondary N) is 1. The number of aromatic hydroxyl groups is 1. The van der Waals surface area contributed by atoms with Gasteiger partial charge in [0, 0.05) is 55.6 Å². The quantitative estimate of drug-likeness (QED) is 0.215. The molecule has 58 heavy (non-hydrogen) atoms. The van der Waals surface area contributed by atoms with Gasteiger partial charge in [0.25, 0.3) is 0 Å². The Hall–Kier alpha value is -5.50. The Kier molecular flexibility index (Phi) is 9.74. The van der Waals surface area contributed by atoms with E-state index in [2.05, 4.69) is 65.7 Å². The predicted molar refractivity (Wildman–Crippen MR) is 221 cm³/mol. The van der Waals surface area contributed by atoms with Crippen LogP contribution in [0.3, 0.4) is 0 Å². The lowest BCUT2D eigenvalue weighted by molar-refractivity contribution is -0.134. The Morgan fingerprint density at radius 1 is 0.776 bits per heavy atom. The van der Waals surface area contributed by atoms with Gasteiger partial charge in [-0.25, -0.2) is 9.97 Å². The molecule has 4 N–H and O–H groups in total. The first-order valence-electron chi connectivity index (χ1n) is 21.2. The van der Waals surface area contributed by atoms with E-state index in [0.29, 0.717) is 60.9 Å². The molecule has 6 aliphatic rings. The first kappa shape index (κ1) is 36.8. The highest BCUT2D eigenvalue weighted by molar-refractivity contribution is 6.02. The van der Waals surface area contributed by atoms with Crippen molar-refractivity contribution in [1.82, 2.24) is 30.4 Å². The lowest BCUT2D eigenvalue weighted by Gasteiger charge is -2.42. The summed E-state index contributed by atoms with van der Waals surface area (Å²) in [5.41, 5.74) is 12.0. The summed E-state index contributed by atoms with van der Waals surface area (Å²) in [5.74, 6) is 2.83. The number of benzene rings is 2. The summed E-state index contributed by atoms with van der Waals surface area (Å²) in [6.07, 6.45) is 14.0. The van der Waals surface area contributed by atoms with Crippen LogP contribution in [0.25, 0.3) is 11.3 Å². The van der Waals surface area contributed by atoms with E-state index in [9.17, 15) is 14.7 Å². The molecule has 14 heteroatoms. The van der Waals surface area contributed by atoms with Gasteiger partial charge in [-0.15, -0.1) is 10.2 Å². The standard InChI is InChI=1S/C44H52N10O4/c45-42-38(22-35(49-50-42)34-4-1-2-7-39(34)55)52-25-31-12-13-32(26-52)54(31)44-46-23-29(24-47-44)27-16-18-51(19-17-27)30-10-8-28(9-11-30)33-5-3-6-36-41(33)58-21-20-53(36)37-14-15-40(56)48-43(37)57/h1-7,22-24,27-28,30-32,37,55H,8-21,25-26H2,(H2,45,50)(H,48,56,57)/t28?,30?,31-,32+,37-/m0/s1. The molecule has 14 nitrogen and oxygen atoms in total. The van der Waals surface area contributed by atoms with Gasteiger partial charge in [0.2, 0.25) is 17.8 Å². The van der Waals surface area contributed by atoms with Crippen LogP contribution < -0.4 is 30.5 Å². The number of carbonyl (C=O) groups is 2. The average Bonchev–Trinajstić information content (AvgIpc) is 3.52. The first-order valence-corrected chi connectivity index (χ1v) is 21.2. The van der Waals surface area contributed by atoms with Gasteiger partial charge in [-0.3, -0.25) is 14.9 Å². The summed E-state index contributed by atoms with van der Waals surface area (Å²) in [6.45, 7) is 4.97. The number of nitrogens with two attached hydrogens (primary N) is 1. The molecular weight excluding hydrogens is 733 g/mol. The molecule has 0 unspecified atom stereocenters. The third-order valence-corrected chi connectivity index (χ3v) is 13.8. The van der Waals surface area contributed by atoms with Crippen molar-refractivity contribution in [1.29, 1.82) is 0 Å². The molecule has 4 aromatic rings. The van der Waals surface area contributed by atoms with Gasteiger partial charge >= 0.3 is 0 Å². The fourth-order valence-electron chi connectivity index (χ4n) is 10.8. The number of para-hydroxylation sites is 2. The van der Waals surface area contributed by atoms with E-state index in [4.69, 9.17) is 20.4 Å². The molecule has 1 aliphatic carbocycles. The van der Waals surface area contributed by atoms with E-state index in [1.165, 1.54) is 24.0 Å². The summed E-state index contributed by atoms with van der Waals surface area (Å²) in [7, 11) is 0. The number of piperazine rings is 1. The van der Waals surface area contributed by atoms with Crippen molar-refractivity contribution in [3.05, 3.63) is 72.1 Å². The van der Waals surface area contributed by atoms with Gasteiger partial charge < -0.3 is 35.2 Å². The molecule has 2 aromatic carbocycles. The zero-order valence-corrected chi connectivity index (χ0v) is 32.9. The number of nitrogens with zero attached hydrogens (tertiary/aromatic N) is 8. The number of likely N-dealkylation sites (tertiary alicyclic amines) is 1. The molecule has 3 atom stereocenters. The Bertz CT molecular complexity index is 2160. The van der Waals surface area contributed by atoms with Crippen molar-refractivity contribution in [2.24, 2.45) is 0 Å². The molecule has 1 saturated carbocycles. The number of anilines is 4. The van der Waals surface area contributed by atoms with Crippen LogP contribution in [0.4, 0.5) is 23.1 Å². The monoisotopic (exact) mass is 784 g/mol. The van der Waals surface area contributed by atoms with E-state index >= 15 is 0 Å². The molecule has 4 saturated heterocycles. The fraction of sp³-hybridized carbons (Fsp3) is 0.500. The van der Waals surface area contributed by atoms with Crippen LogP contribution in [0.15, 0.2) is 60.9 Å². The number of rotatable bonds is 7. The van der Waals surface area contributed by atoms with Gasteiger partial charge in [0.1, 0.15) is 24.1 Å². The highest BCUT2D eigenvalue weighted by Crippen LogP contribution is 2.46. The van der Waals surface area contributed by atoms with Crippen LogP contribution in [-0.2, 0) is 9.59 Å². The molecule has 2 aromatic heterocycles. The van der Waals surface area contributed by atoms with Crippen LogP contribution >= 0.6 is 0 Å². The maximum absolute atomic E-state index is 12.7. The molecule has 10 rings (SSSR count). The number of ether oxygens (including phenoxy) is 1. The summed E-state index contributed by atoms with van der Waals surface area (Å²) in [4.78, 5) is 44.1. The Morgan fingerprint density at radius 2 is 1.52 bits per heavy atom. The number of carbonyl (C=O) groups excluding carboxylic acids is 2. The van der Waals surface area contributed by atoms with Crippen LogP contribution in [0, 0.1) is 0 Å². The van der Waals surface area contributed by atoms with Crippen molar-refractivity contribution < 1.29 is 19.4 Å². The van der Waals surface area contributed by atoms with Crippen molar-refractivity contribution in [2.75, 3.05) is 59.8 Å². The lowest BCUT2D eigenvalue weighted by Crippen LogP contribution is -2.54. The molecule has 5 aliphatic heterocycles. The number of piperidine rings is 2. The maximum Gasteiger partial charge on any atom is 0.249 e. The lowest BCUT2D eigenvalue weighted by atomic mass is 9.79. The van der Waals surface area contributed by atoms with Crippen LogP contribution in [-0.4, -0.2) is 105 Å². The Labute approximate surface area is 338 Å². The van der Waals surface area contributed by atoms with Gasteiger partial charge in [0.15, 0.2) is 5.82 Å². The molecule has 5 fully saturated rings. The minimum absolute atomic E-state index is 0.170. The largest absolute Gasteiger partial charge is 0.507 e. The van der Waals surface area contributed by atoms with Crippen LogP contribution in [0.1, 0.15) is 87.2 Å². The molecule has 2 amide bonds. The van der Waals surface area contributed by atoms with Gasteiger partial charge in [-0.2, -0.15) is 0 Å². The number of hydrogen-bond donors (Lipinski definition) is 3. The fourth-order valence-corrected chi connectivity index (χ4v) is 10.8. The zero-order chi connectivity index (χ0) is 39.3. The number of amides is 2. The third kappa shape index (κ3) is 6.84. The minimum Gasteiger partial charge on any atom is -0.507 e. The number of imide groups is 1. The zero-order valence-electron chi connectivity index (χ0n) is 32.9. The van der Waals surface area contributed by atoms with E-state index in [1.807, 2.05) is 18.2 Å². The number of aromatic nitrogens is 4. The smallest absolute Gasteiger partial charge is 0.249 e. The van der Waals surface area contributed by atoms with E-state index in [-0.39, 0.29) is 35.7 Å². The molecule has 2 bridgehead atoms. The second-order valence-corrected chi connectivity index (χ2v) is 17.1. The third-order valence-electron chi connectivity index (χ3n) is 13.8. The molecule has 0 radical (unpaired) electrons. The number of fused-ring (bicyclic) bond motifs is 3. The normalized spacial score (nSPS) is 26.6. The van der Waals surface area contributed by atoms with Crippen molar-refractivity contribution >= 4 is 35.0 Å². The summed E-state index contributed by atoms with van der Waals surface area (Å²) >= 11 is 0. The van der Waals surface area contributed by atoms with Crippen molar-refractivity contribution in [3.63, 3.8) is 0 Å². The van der Waals surface area contributed by atoms with E-state index in [1.54, 1.807) is 12.1 Å². The summed E-state index contributed by atoms with van der Waals surface area (Å²) in [5, 5.41) is 21.5. The molecular formula is C44H52N10O4. The summed E-state index contributed by atoms with van der Waals surface area (Å²) < 4.78 is 6.30. The minimum atomic E-state index is -0.332. The SMILES string of the molecule is Nc1nnc(-c2ccccc2O)cc1N1C[C@H]2CC[C@@H](C1)N2c1ncc(C2CCN(C3CCC(c4cccc5c4OCCN5[C@H]4CCC(=O)NC4=O)CC3)CC2)cn1. The second-order valence-electron chi connectivity index (χ2n) is 17.1. The van der Waals surface area contributed by atoms with E-state index in [0.717, 1.165) is 87.8 Å². The van der Waals surface area contributed by atoms with Crippen LogP contribution in [0.5, 0.6) is 11.5 Å². The maximum atomic E-state index is 12.7. The Morgan fingerprint density at radius 3 is 2.26 bits per heavy atom. The highest BCUT2D eigenvalue weighted by atomic mass is 16.5. The van der Waals surface area contributed by atoms with Crippen LogP contribution in [0.2, 0.25) is 0 Å². The van der Waals surface area contributed by atoms with Crippen molar-refractivity contribution in [3.8, 4) is 22.8 Å². The number of hydrogen-bond acceptors (Lipinski definition) is 13. The van der Waals surface area contributed by atoms with Gasteiger partial charge in [-0.05, 0) is 118 Å². The van der Waals surface area contributed by atoms with Gasteiger partial charge in [-0.1, -0.05) is 24.3 Å². The highest BCUT2D eigenvalue weighted by Gasteiger charge is 2.42. The first-order chi connectivity index (χ1) is 28.4. The molecule has 0 spiro atoms. The predicted octanol–water partition coefficient (Wildman–Crippen LogP) is 4.99. The van der Waals surface area contributed by atoms with Gasteiger partial charge in [0.05, 0.1) is 23.6 Å². The second kappa shape index (κ2) is 15.3. The number of nitrogen functional groups attached to an aromatic ring is 1. The topological polar surface area (TPSA) is 166 Å². The molecule has 302 valence electrons. The number of phenols is 1. The van der Waals surface area contributed by atoms with E-state index < -0.39 is 0 Å². The number of phenolic OH excluding ortho intramolecular Hbond substituents is 1. The Balaban J connectivity index is 0.733.